The van der Waals surface area contributed by atoms with Crippen molar-refractivity contribution in [3.8, 4) is 6.07 Å². The predicted octanol–water partition coefficient (Wildman–Crippen LogP) is 2.10. The molecule has 1 aromatic heterocycles. The second-order valence-electron chi connectivity index (χ2n) is 4.47. The number of ether oxygens (including phenoxy) is 1. The lowest BCUT2D eigenvalue weighted by atomic mass is 10.0. The molecule has 0 aliphatic carbocycles. The first kappa shape index (κ1) is 11.9. The fraction of sp³-hybridized carbons (Fsp3) is 0.538. The van der Waals surface area contributed by atoms with Gasteiger partial charge >= 0.3 is 0 Å². The molecule has 1 N–H and O–H groups in total. The molecule has 0 aromatic carbocycles. The van der Waals surface area contributed by atoms with E-state index in [1.165, 1.54) is 0 Å². The minimum absolute atomic E-state index is 0.290. The lowest BCUT2D eigenvalue weighted by Crippen LogP contribution is -2.21. The summed E-state index contributed by atoms with van der Waals surface area (Å²) in [7, 11) is 0. The molecule has 1 aliphatic heterocycles. The Hall–Kier alpha value is -1.60. The molecule has 90 valence electrons. The summed E-state index contributed by atoms with van der Waals surface area (Å²) in [4.78, 5) is 4.22. The molecule has 1 fully saturated rings. The molecule has 0 bridgehead atoms. The van der Waals surface area contributed by atoms with Gasteiger partial charge in [-0.2, -0.15) is 5.26 Å². The summed E-state index contributed by atoms with van der Waals surface area (Å²) >= 11 is 0. The first-order valence-corrected chi connectivity index (χ1v) is 5.93. The molecular formula is C13H17N3O. The van der Waals surface area contributed by atoms with Crippen molar-refractivity contribution in [1.29, 1.82) is 5.26 Å². The zero-order valence-electron chi connectivity index (χ0n) is 10.2. The number of aryl methyl sites for hydroxylation is 1. The number of nitrogens with one attached hydrogen (secondary N) is 1. The number of rotatable bonds is 3. The summed E-state index contributed by atoms with van der Waals surface area (Å²) in [6.45, 7) is 5.66. The van der Waals surface area contributed by atoms with E-state index in [9.17, 15) is 0 Å². The summed E-state index contributed by atoms with van der Waals surface area (Å²) in [5.74, 6) is 1.19. The van der Waals surface area contributed by atoms with E-state index in [0.717, 1.165) is 25.1 Å². The van der Waals surface area contributed by atoms with Gasteiger partial charge in [-0.1, -0.05) is 0 Å². The monoisotopic (exact) mass is 231 g/mol. The maximum atomic E-state index is 9.09. The number of hydrogen-bond donors (Lipinski definition) is 1. The van der Waals surface area contributed by atoms with Crippen LogP contribution in [-0.2, 0) is 4.74 Å². The van der Waals surface area contributed by atoms with Crippen LogP contribution >= 0.6 is 0 Å². The highest BCUT2D eigenvalue weighted by Crippen LogP contribution is 2.22. The van der Waals surface area contributed by atoms with Crippen LogP contribution in [0.5, 0.6) is 0 Å². The molecule has 2 heterocycles. The Balaban J connectivity index is 2.04. The van der Waals surface area contributed by atoms with E-state index in [1.54, 1.807) is 6.20 Å². The Kier molecular flexibility index (Phi) is 3.60. The minimum atomic E-state index is 0.290. The molecule has 2 atom stereocenters. The van der Waals surface area contributed by atoms with Crippen LogP contribution in [0.2, 0.25) is 0 Å². The van der Waals surface area contributed by atoms with Crippen molar-refractivity contribution in [2.75, 3.05) is 18.5 Å². The Bertz CT molecular complexity index is 439. The van der Waals surface area contributed by atoms with Gasteiger partial charge < -0.3 is 10.1 Å². The van der Waals surface area contributed by atoms with Gasteiger partial charge in [-0.15, -0.1) is 0 Å². The molecule has 4 heteroatoms. The van der Waals surface area contributed by atoms with Crippen LogP contribution < -0.4 is 5.32 Å². The largest absolute Gasteiger partial charge is 0.378 e. The zero-order chi connectivity index (χ0) is 12.3. The first-order chi connectivity index (χ1) is 8.22. The van der Waals surface area contributed by atoms with E-state index in [4.69, 9.17) is 10.00 Å². The van der Waals surface area contributed by atoms with E-state index in [-0.39, 0.29) is 6.10 Å². The average molecular weight is 231 g/mol. The number of aromatic nitrogens is 1. The van der Waals surface area contributed by atoms with Gasteiger partial charge in [-0.05, 0) is 31.9 Å². The second kappa shape index (κ2) is 5.15. The normalized spacial score (nSPS) is 23.4. The molecule has 2 rings (SSSR count). The third kappa shape index (κ3) is 2.56. The van der Waals surface area contributed by atoms with Gasteiger partial charge in [-0.3, -0.25) is 0 Å². The van der Waals surface area contributed by atoms with Gasteiger partial charge in [0.25, 0.3) is 0 Å². The van der Waals surface area contributed by atoms with Crippen molar-refractivity contribution in [1.82, 2.24) is 4.98 Å². The second-order valence-corrected chi connectivity index (χ2v) is 4.47. The van der Waals surface area contributed by atoms with Crippen LogP contribution in [0.25, 0.3) is 0 Å². The molecule has 0 amide bonds. The van der Waals surface area contributed by atoms with Crippen LogP contribution in [0.1, 0.15) is 24.5 Å². The van der Waals surface area contributed by atoms with Crippen LogP contribution in [0.4, 0.5) is 5.82 Å². The third-order valence-corrected chi connectivity index (χ3v) is 3.34. The smallest absolute Gasteiger partial charge is 0.144 e. The molecule has 0 saturated carbocycles. The highest BCUT2D eigenvalue weighted by atomic mass is 16.5. The number of nitrogens with zero attached hydrogens (tertiary/aromatic N) is 2. The lowest BCUT2D eigenvalue weighted by molar-refractivity contribution is 0.108. The number of pyridine rings is 1. The van der Waals surface area contributed by atoms with E-state index in [2.05, 4.69) is 23.3 Å². The van der Waals surface area contributed by atoms with Crippen molar-refractivity contribution in [3.63, 3.8) is 0 Å². The molecular weight excluding hydrogens is 214 g/mol. The van der Waals surface area contributed by atoms with Crippen molar-refractivity contribution >= 4 is 5.82 Å². The topological polar surface area (TPSA) is 57.9 Å². The first-order valence-electron chi connectivity index (χ1n) is 5.93. The van der Waals surface area contributed by atoms with Gasteiger partial charge in [-0.25, -0.2) is 4.98 Å². The van der Waals surface area contributed by atoms with Crippen LogP contribution in [0.3, 0.4) is 0 Å². The van der Waals surface area contributed by atoms with Gasteiger partial charge in [0.05, 0.1) is 11.7 Å². The summed E-state index contributed by atoms with van der Waals surface area (Å²) in [6.07, 6.45) is 3.09. The third-order valence-electron chi connectivity index (χ3n) is 3.34. The van der Waals surface area contributed by atoms with Crippen molar-refractivity contribution in [2.24, 2.45) is 5.92 Å². The SMILES string of the molecule is Cc1ccnc(NCC2CCOC2C)c1C#N. The fourth-order valence-electron chi connectivity index (χ4n) is 2.11. The number of nitriles is 1. The summed E-state index contributed by atoms with van der Waals surface area (Å²) in [6, 6.07) is 4.05. The van der Waals surface area contributed by atoms with E-state index in [0.29, 0.717) is 17.3 Å². The number of hydrogen-bond acceptors (Lipinski definition) is 4. The quantitative estimate of drug-likeness (QED) is 0.865. The molecule has 0 spiro atoms. The highest BCUT2D eigenvalue weighted by Gasteiger charge is 2.24. The predicted molar refractivity (Wildman–Crippen MR) is 65.7 cm³/mol. The maximum absolute atomic E-state index is 9.09. The minimum Gasteiger partial charge on any atom is -0.378 e. The van der Waals surface area contributed by atoms with Gasteiger partial charge in [0.15, 0.2) is 0 Å². The summed E-state index contributed by atoms with van der Waals surface area (Å²) in [5.41, 5.74) is 1.60. The zero-order valence-corrected chi connectivity index (χ0v) is 10.2. The fourth-order valence-corrected chi connectivity index (χ4v) is 2.11. The molecule has 1 saturated heterocycles. The van der Waals surface area contributed by atoms with Crippen LogP contribution in [-0.4, -0.2) is 24.2 Å². The lowest BCUT2D eigenvalue weighted by Gasteiger charge is -2.16. The Morgan fingerprint density at radius 2 is 2.47 bits per heavy atom. The van der Waals surface area contributed by atoms with Crippen molar-refractivity contribution in [3.05, 3.63) is 23.4 Å². The molecule has 17 heavy (non-hydrogen) atoms. The maximum Gasteiger partial charge on any atom is 0.144 e. The van der Waals surface area contributed by atoms with Gasteiger partial charge in [0.1, 0.15) is 11.9 Å². The van der Waals surface area contributed by atoms with Crippen molar-refractivity contribution in [2.45, 2.75) is 26.4 Å². The van der Waals surface area contributed by atoms with E-state index >= 15 is 0 Å². The van der Waals surface area contributed by atoms with Crippen molar-refractivity contribution < 1.29 is 4.74 Å². The van der Waals surface area contributed by atoms with Gasteiger partial charge in [0, 0.05) is 25.3 Å². The number of anilines is 1. The van der Waals surface area contributed by atoms with Crippen LogP contribution in [0, 0.1) is 24.2 Å². The highest BCUT2D eigenvalue weighted by molar-refractivity contribution is 5.55. The summed E-state index contributed by atoms with van der Waals surface area (Å²) in [5, 5.41) is 12.4. The average Bonchev–Trinajstić information content (AvgIpc) is 2.72. The standard InChI is InChI=1S/C13H17N3O/c1-9-3-5-15-13(12(9)7-14)16-8-11-4-6-17-10(11)2/h3,5,10-11H,4,6,8H2,1-2H3,(H,15,16). The van der Waals surface area contributed by atoms with E-state index in [1.807, 2.05) is 13.0 Å². The Labute approximate surface area is 102 Å². The molecule has 2 unspecified atom stereocenters. The molecule has 1 aliphatic rings. The Morgan fingerprint density at radius 3 is 3.12 bits per heavy atom. The van der Waals surface area contributed by atoms with E-state index < -0.39 is 0 Å². The van der Waals surface area contributed by atoms with Crippen LogP contribution in [0.15, 0.2) is 12.3 Å². The summed E-state index contributed by atoms with van der Waals surface area (Å²) < 4.78 is 5.51. The molecule has 1 aromatic rings. The Morgan fingerprint density at radius 1 is 1.65 bits per heavy atom. The molecule has 4 nitrogen and oxygen atoms in total. The van der Waals surface area contributed by atoms with Gasteiger partial charge in [0.2, 0.25) is 0 Å². The molecule has 0 radical (unpaired) electrons.